The topological polar surface area (TPSA) is 95.9 Å². The first-order valence-corrected chi connectivity index (χ1v) is 11.0. The number of hydrogen-bond donors (Lipinski definition) is 3. The predicted molar refractivity (Wildman–Crippen MR) is 115 cm³/mol. The maximum absolute atomic E-state index is 12.5. The molecule has 1 amide bonds. The van der Waals surface area contributed by atoms with Gasteiger partial charge in [0, 0.05) is 29.5 Å². The Morgan fingerprint density at radius 3 is 2.73 bits per heavy atom. The molecule has 3 N–H and O–H groups in total. The summed E-state index contributed by atoms with van der Waals surface area (Å²) < 4.78 is 6.35. The Balaban J connectivity index is 1.83. The molecule has 1 heterocycles. The molecule has 0 aromatic heterocycles. The number of allylic oxidation sites excluding steroid dienone is 1. The Bertz CT molecular complexity index is 842. The fourth-order valence-corrected chi connectivity index (χ4v) is 4.76. The van der Waals surface area contributed by atoms with Gasteiger partial charge in [-0.1, -0.05) is 25.8 Å². The largest absolute Gasteiger partial charge is 0.508 e. The third kappa shape index (κ3) is 4.79. The number of carbonyl (C=O) groups excluding carboxylic acids is 1. The molecule has 1 aromatic carbocycles. The summed E-state index contributed by atoms with van der Waals surface area (Å²) in [5.74, 6) is -0.0580. The van der Waals surface area contributed by atoms with E-state index < -0.39 is 11.6 Å². The minimum atomic E-state index is -0.937. The second kappa shape index (κ2) is 9.11. The molecule has 6 heteroatoms. The molecule has 164 valence electrons. The molecule has 0 bridgehead atoms. The standard InChI is InChI=1S/C24H33NO5/c1-4-5-6-7-15-12-19(26)22-17-14-16(23(29)25-11-10-21(27)28)8-9-18(17)24(2,3)30-20(22)13-15/h8,12-13,17-18,26H,4-7,9-11,14H2,1-3H3,(H,25,29)(H,27,28). The number of aromatic hydroxyl groups is 1. The van der Waals surface area contributed by atoms with E-state index in [0.29, 0.717) is 18.4 Å². The van der Waals surface area contributed by atoms with E-state index in [-0.39, 0.29) is 36.5 Å². The molecule has 3 rings (SSSR count). The van der Waals surface area contributed by atoms with E-state index in [2.05, 4.69) is 26.1 Å². The first kappa shape index (κ1) is 22.2. The lowest BCUT2D eigenvalue weighted by Gasteiger charge is -2.47. The van der Waals surface area contributed by atoms with Gasteiger partial charge in [0.1, 0.15) is 17.1 Å². The number of carbonyl (C=O) groups is 2. The SMILES string of the molecule is CCCCCc1cc(O)c2c(c1)OC(C)(C)C1CC=C(C(=O)NCCC(=O)O)CC21. The van der Waals surface area contributed by atoms with Crippen molar-refractivity contribution < 1.29 is 24.5 Å². The first-order valence-electron chi connectivity index (χ1n) is 11.0. The molecule has 0 spiro atoms. The number of nitrogens with one attached hydrogen (secondary N) is 1. The van der Waals surface area contributed by atoms with E-state index in [0.717, 1.165) is 42.6 Å². The van der Waals surface area contributed by atoms with Crippen LogP contribution in [0.4, 0.5) is 0 Å². The third-order valence-electron chi connectivity index (χ3n) is 6.35. The molecule has 2 atom stereocenters. The summed E-state index contributed by atoms with van der Waals surface area (Å²) >= 11 is 0. The van der Waals surface area contributed by atoms with Gasteiger partial charge in [-0.15, -0.1) is 0 Å². The van der Waals surface area contributed by atoms with Crippen LogP contribution in [0.15, 0.2) is 23.8 Å². The van der Waals surface area contributed by atoms with Crippen LogP contribution in [-0.4, -0.2) is 34.2 Å². The van der Waals surface area contributed by atoms with E-state index >= 15 is 0 Å². The van der Waals surface area contributed by atoms with Crippen molar-refractivity contribution >= 4 is 11.9 Å². The number of rotatable bonds is 8. The summed E-state index contributed by atoms with van der Waals surface area (Å²) in [6.07, 6.45) is 7.30. The molecule has 30 heavy (non-hydrogen) atoms. The number of unbranched alkanes of at least 4 members (excludes halogenated alkanes) is 2. The number of aryl methyl sites for hydroxylation is 1. The Morgan fingerprint density at radius 2 is 2.03 bits per heavy atom. The molecule has 1 aliphatic heterocycles. The molecule has 0 fully saturated rings. The van der Waals surface area contributed by atoms with E-state index in [4.69, 9.17) is 9.84 Å². The van der Waals surface area contributed by atoms with E-state index in [9.17, 15) is 14.7 Å². The molecule has 0 saturated heterocycles. The maximum atomic E-state index is 12.5. The van der Waals surface area contributed by atoms with E-state index in [1.807, 2.05) is 18.2 Å². The Kier molecular flexibility index (Phi) is 6.74. The number of hydrogen-bond acceptors (Lipinski definition) is 4. The summed E-state index contributed by atoms with van der Waals surface area (Å²) in [6, 6.07) is 3.89. The van der Waals surface area contributed by atoms with Crippen LogP contribution in [0, 0.1) is 5.92 Å². The van der Waals surface area contributed by atoms with Crippen molar-refractivity contribution in [2.75, 3.05) is 6.54 Å². The summed E-state index contributed by atoms with van der Waals surface area (Å²) in [5.41, 5.74) is 2.11. The van der Waals surface area contributed by atoms with Gasteiger partial charge < -0.3 is 20.3 Å². The average Bonchev–Trinajstić information content (AvgIpc) is 2.66. The number of amides is 1. The number of phenols is 1. The lowest BCUT2D eigenvalue weighted by atomic mass is 9.67. The zero-order valence-corrected chi connectivity index (χ0v) is 18.2. The van der Waals surface area contributed by atoms with Crippen LogP contribution in [0.2, 0.25) is 0 Å². The molecule has 2 aliphatic rings. The molecule has 1 aromatic rings. The van der Waals surface area contributed by atoms with E-state index in [1.54, 1.807) is 0 Å². The van der Waals surface area contributed by atoms with Crippen LogP contribution < -0.4 is 10.1 Å². The van der Waals surface area contributed by atoms with Crippen LogP contribution in [0.25, 0.3) is 0 Å². The number of benzene rings is 1. The summed E-state index contributed by atoms with van der Waals surface area (Å²) in [4.78, 5) is 23.2. The molecule has 0 saturated carbocycles. The number of aliphatic carboxylic acids is 1. The van der Waals surface area contributed by atoms with Gasteiger partial charge in [0.2, 0.25) is 5.91 Å². The van der Waals surface area contributed by atoms with Gasteiger partial charge in [0.15, 0.2) is 0 Å². The zero-order chi connectivity index (χ0) is 21.9. The fourth-order valence-electron chi connectivity index (χ4n) is 4.76. The minimum Gasteiger partial charge on any atom is -0.508 e. The zero-order valence-electron chi connectivity index (χ0n) is 18.2. The highest BCUT2D eigenvalue weighted by molar-refractivity contribution is 5.94. The Morgan fingerprint density at radius 1 is 1.27 bits per heavy atom. The number of fused-ring (bicyclic) bond motifs is 3. The molecular weight excluding hydrogens is 382 g/mol. The lowest BCUT2D eigenvalue weighted by Crippen LogP contribution is -2.46. The second-order valence-corrected chi connectivity index (χ2v) is 8.97. The molecule has 0 radical (unpaired) electrons. The lowest BCUT2D eigenvalue weighted by molar-refractivity contribution is -0.136. The van der Waals surface area contributed by atoms with Crippen LogP contribution in [0.1, 0.15) is 76.3 Å². The third-order valence-corrected chi connectivity index (χ3v) is 6.35. The fraction of sp³-hybridized carbons (Fsp3) is 0.583. The van der Waals surface area contributed by atoms with Crippen molar-refractivity contribution in [1.82, 2.24) is 5.32 Å². The van der Waals surface area contributed by atoms with Gasteiger partial charge in [-0.25, -0.2) is 0 Å². The normalized spacial score (nSPS) is 21.6. The van der Waals surface area contributed by atoms with Gasteiger partial charge in [-0.3, -0.25) is 9.59 Å². The quantitative estimate of drug-likeness (QED) is 0.550. The van der Waals surface area contributed by atoms with Gasteiger partial charge in [-0.05, 0) is 57.2 Å². The minimum absolute atomic E-state index is 0.0151. The van der Waals surface area contributed by atoms with Crippen molar-refractivity contribution in [3.63, 3.8) is 0 Å². The second-order valence-electron chi connectivity index (χ2n) is 8.97. The van der Waals surface area contributed by atoms with Crippen LogP contribution >= 0.6 is 0 Å². The Hall–Kier alpha value is -2.50. The summed E-state index contributed by atoms with van der Waals surface area (Å²) in [6.45, 7) is 6.42. The van der Waals surface area contributed by atoms with E-state index in [1.165, 1.54) is 0 Å². The van der Waals surface area contributed by atoms with Crippen molar-refractivity contribution in [2.45, 2.75) is 77.2 Å². The van der Waals surface area contributed by atoms with Gasteiger partial charge >= 0.3 is 5.97 Å². The predicted octanol–water partition coefficient (Wildman–Crippen LogP) is 4.31. The van der Waals surface area contributed by atoms with Gasteiger partial charge in [0.05, 0.1) is 6.42 Å². The van der Waals surface area contributed by atoms with Crippen molar-refractivity contribution in [3.05, 3.63) is 34.9 Å². The molecule has 2 unspecified atom stereocenters. The molecular formula is C24H33NO5. The Labute approximate surface area is 178 Å². The average molecular weight is 416 g/mol. The van der Waals surface area contributed by atoms with Crippen LogP contribution in [0.3, 0.4) is 0 Å². The number of carboxylic acids is 1. The smallest absolute Gasteiger partial charge is 0.305 e. The van der Waals surface area contributed by atoms with Gasteiger partial charge in [-0.2, -0.15) is 0 Å². The maximum Gasteiger partial charge on any atom is 0.305 e. The molecule has 1 aliphatic carbocycles. The first-order chi connectivity index (χ1) is 14.2. The van der Waals surface area contributed by atoms with Crippen LogP contribution in [0.5, 0.6) is 11.5 Å². The monoisotopic (exact) mass is 415 g/mol. The number of phenolic OH excluding ortho intramolecular Hbond substituents is 1. The van der Waals surface area contributed by atoms with Crippen molar-refractivity contribution in [2.24, 2.45) is 5.92 Å². The van der Waals surface area contributed by atoms with Crippen molar-refractivity contribution in [3.8, 4) is 11.5 Å². The highest BCUT2D eigenvalue weighted by atomic mass is 16.5. The highest BCUT2D eigenvalue weighted by Crippen LogP contribution is 2.54. The number of ether oxygens (including phenoxy) is 1. The number of carboxylic acid groups (broad SMARTS) is 1. The highest BCUT2D eigenvalue weighted by Gasteiger charge is 2.46. The van der Waals surface area contributed by atoms with Crippen LogP contribution in [-0.2, 0) is 16.0 Å². The molecule has 6 nitrogen and oxygen atoms in total. The van der Waals surface area contributed by atoms with Gasteiger partial charge in [0.25, 0.3) is 0 Å². The summed E-state index contributed by atoms with van der Waals surface area (Å²) in [5, 5.41) is 22.3. The van der Waals surface area contributed by atoms with Crippen molar-refractivity contribution in [1.29, 1.82) is 0 Å². The summed E-state index contributed by atoms with van der Waals surface area (Å²) in [7, 11) is 0.